The number of non-ortho nitro benzene ring substituents is 1. The Bertz CT molecular complexity index is 853. The predicted octanol–water partition coefficient (Wildman–Crippen LogP) is 2.98. The molecule has 0 saturated carbocycles. The summed E-state index contributed by atoms with van der Waals surface area (Å²) in [6.07, 6.45) is 0. The predicted molar refractivity (Wildman–Crippen MR) is 101 cm³/mol. The van der Waals surface area contributed by atoms with Gasteiger partial charge in [0.2, 0.25) is 5.91 Å². The Morgan fingerprint density at radius 3 is 2.22 bits per heavy atom. The SMILES string of the molecule is COc1cc([N+](=O)[O-])ccc1NC(=O)CNc1cc(OC)c(OC)cc1C. The third-order valence-electron chi connectivity index (χ3n) is 3.84. The molecular weight excluding hydrogens is 354 g/mol. The van der Waals surface area contributed by atoms with E-state index in [1.807, 2.05) is 6.92 Å². The van der Waals surface area contributed by atoms with E-state index in [4.69, 9.17) is 14.2 Å². The summed E-state index contributed by atoms with van der Waals surface area (Å²) >= 11 is 0. The number of nitrogens with zero attached hydrogens (tertiary/aromatic N) is 1. The van der Waals surface area contributed by atoms with Gasteiger partial charge in [0, 0.05) is 17.8 Å². The number of rotatable bonds is 8. The minimum atomic E-state index is -0.532. The van der Waals surface area contributed by atoms with E-state index in [9.17, 15) is 14.9 Å². The maximum atomic E-state index is 12.2. The van der Waals surface area contributed by atoms with E-state index in [2.05, 4.69) is 10.6 Å². The molecule has 0 aromatic heterocycles. The first-order valence-corrected chi connectivity index (χ1v) is 7.98. The molecule has 2 aromatic rings. The lowest BCUT2D eigenvalue weighted by atomic mass is 10.1. The van der Waals surface area contributed by atoms with Crippen molar-refractivity contribution in [3.8, 4) is 17.2 Å². The Labute approximate surface area is 156 Å². The number of nitro groups is 1. The lowest BCUT2D eigenvalue weighted by Crippen LogP contribution is -2.22. The second-order valence-corrected chi connectivity index (χ2v) is 5.57. The van der Waals surface area contributed by atoms with E-state index in [1.165, 1.54) is 32.4 Å². The first-order valence-electron chi connectivity index (χ1n) is 7.98. The van der Waals surface area contributed by atoms with Gasteiger partial charge in [-0.2, -0.15) is 0 Å². The van der Waals surface area contributed by atoms with Gasteiger partial charge in [0.25, 0.3) is 5.69 Å². The highest BCUT2D eigenvalue weighted by atomic mass is 16.6. The molecule has 2 rings (SSSR count). The number of nitro benzene ring substituents is 1. The monoisotopic (exact) mass is 375 g/mol. The standard InChI is InChI=1S/C18H21N3O6/c1-11-7-16(26-3)17(27-4)9-14(11)19-10-18(22)20-13-6-5-12(21(23)24)8-15(13)25-2/h5-9,19H,10H2,1-4H3,(H,20,22). The maximum absolute atomic E-state index is 12.2. The van der Waals surface area contributed by atoms with Crippen LogP contribution >= 0.6 is 0 Å². The zero-order valence-corrected chi connectivity index (χ0v) is 15.5. The molecule has 27 heavy (non-hydrogen) atoms. The summed E-state index contributed by atoms with van der Waals surface area (Å²) in [5.41, 5.74) is 1.83. The Hall–Kier alpha value is -3.49. The minimum Gasteiger partial charge on any atom is -0.494 e. The molecule has 0 unspecified atom stereocenters. The zero-order valence-electron chi connectivity index (χ0n) is 15.5. The molecular formula is C18H21N3O6. The maximum Gasteiger partial charge on any atom is 0.273 e. The van der Waals surface area contributed by atoms with E-state index in [1.54, 1.807) is 19.2 Å². The van der Waals surface area contributed by atoms with Crippen molar-refractivity contribution in [1.29, 1.82) is 0 Å². The van der Waals surface area contributed by atoms with Gasteiger partial charge in [0.1, 0.15) is 5.75 Å². The van der Waals surface area contributed by atoms with E-state index in [0.29, 0.717) is 17.2 Å². The smallest absolute Gasteiger partial charge is 0.273 e. The van der Waals surface area contributed by atoms with Crippen molar-refractivity contribution in [2.75, 3.05) is 38.5 Å². The Morgan fingerprint density at radius 1 is 1.00 bits per heavy atom. The molecule has 0 saturated heterocycles. The molecule has 0 atom stereocenters. The molecule has 0 aliphatic heterocycles. The highest BCUT2D eigenvalue weighted by molar-refractivity contribution is 5.95. The lowest BCUT2D eigenvalue weighted by Gasteiger charge is -2.15. The van der Waals surface area contributed by atoms with Crippen LogP contribution in [0.2, 0.25) is 0 Å². The molecule has 144 valence electrons. The number of hydrogen-bond donors (Lipinski definition) is 2. The van der Waals surface area contributed by atoms with Gasteiger partial charge in [-0.1, -0.05) is 0 Å². The molecule has 0 spiro atoms. The first-order chi connectivity index (χ1) is 12.9. The molecule has 0 heterocycles. The van der Waals surface area contributed by atoms with Crippen molar-refractivity contribution in [3.63, 3.8) is 0 Å². The van der Waals surface area contributed by atoms with Crippen LogP contribution in [0.3, 0.4) is 0 Å². The summed E-state index contributed by atoms with van der Waals surface area (Å²) in [5, 5.41) is 16.5. The van der Waals surface area contributed by atoms with Crippen molar-refractivity contribution in [2.45, 2.75) is 6.92 Å². The molecule has 0 fully saturated rings. The molecule has 0 radical (unpaired) electrons. The summed E-state index contributed by atoms with van der Waals surface area (Å²) in [6.45, 7) is 1.86. The number of amides is 1. The van der Waals surface area contributed by atoms with E-state index < -0.39 is 4.92 Å². The second kappa shape index (κ2) is 8.75. The van der Waals surface area contributed by atoms with Gasteiger partial charge < -0.3 is 24.8 Å². The highest BCUT2D eigenvalue weighted by Gasteiger charge is 2.14. The average Bonchev–Trinajstić information content (AvgIpc) is 2.66. The molecule has 2 N–H and O–H groups in total. The van der Waals surface area contributed by atoms with E-state index in [-0.39, 0.29) is 23.9 Å². The number of benzene rings is 2. The fourth-order valence-corrected chi connectivity index (χ4v) is 2.44. The fourth-order valence-electron chi connectivity index (χ4n) is 2.44. The fraction of sp³-hybridized carbons (Fsp3) is 0.278. The summed E-state index contributed by atoms with van der Waals surface area (Å²) < 4.78 is 15.6. The van der Waals surface area contributed by atoms with Crippen LogP contribution in [0.25, 0.3) is 0 Å². The molecule has 0 bridgehead atoms. The Kier molecular flexibility index (Phi) is 6.42. The summed E-state index contributed by atoms with van der Waals surface area (Å²) in [5.74, 6) is 1.01. The van der Waals surface area contributed by atoms with Crippen molar-refractivity contribution in [1.82, 2.24) is 0 Å². The number of carbonyl (C=O) groups excluding carboxylic acids is 1. The van der Waals surface area contributed by atoms with Crippen LogP contribution in [0.15, 0.2) is 30.3 Å². The number of ether oxygens (including phenoxy) is 3. The van der Waals surface area contributed by atoms with Crippen molar-refractivity contribution >= 4 is 23.0 Å². The van der Waals surface area contributed by atoms with Crippen molar-refractivity contribution in [3.05, 3.63) is 46.0 Å². The van der Waals surface area contributed by atoms with Gasteiger partial charge in [-0.3, -0.25) is 14.9 Å². The topological polar surface area (TPSA) is 112 Å². The number of carbonyl (C=O) groups is 1. The number of methoxy groups -OCH3 is 3. The lowest BCUT2D eigenvalue weighted by molar-refractivity contribution is -0.384. The molecule has 9 nitrogen and oxygen atoms in total. The van der Waals surface area contributed by atoms with Crippen molar-refractivity contribution in [2.24, 2.45) is 0 Å². The minimum absolute atomic E-state index is 0.0174. The van der Waals surface area contributed by atoms with Crippen LogP contribution in [0.5, 0.6) is 17.2 Å². The molecule has 1 amide bonds. The number of anilines is 2. The third-order valence-corrected chi connectivity index (χ3v) is 3.84. The molecule has 0 aliphatic carbocycles. The summed E-state index contributed by atoms with van der Waals surface area (Å²) in [7, 11) is 4.46. The molecule has 0 aliphatic rings. The van der Waals surface area contributed by atoms with Gasteiger partial charge in [-0.25, -0.2) is 0 Å². The second-order valence-electron chi connectivity index (χ2n) is 5.57. The van der Waals surface area contributed by atoms with Crippen LogP contribution in [-0.2, 0) is 4.79 Å². The van der Waals surface area contributed by atoms with Gasteiger partial charge in [0.15, 0.2) is 11.5 Å². The van der Waals surface area contributed by atoms with Gasteiger partial charge in [-0.05, 0) is 24.6 Å². The van der Waals surface area contributed by atoms with Crippen LogP contribution in [0.4, 0.5) is 17.1 Å². The van der Waals surface area contributed by atoms with Gasteiger partial charge in [0.05, 0.1) is 44.6 Å². The quantitative estimate of drug-likeness (QED) is 0.539. The van der Waals surface area contributed by atoms with Crippen LogP contribution in [0, 0.1) is 17.0 Å². The average molecular weight is 375 g/mol. The van der Waals surface area contributed by atoms with Gasteiger partial charge in [-0.15, -0.1) is 0 Å². The number of nitrogens with one attached hydrogen (secondary N) is 2. The summed E-state index contributed by atoms with van der Waals surface area (Å²) in [4.78, 5) is 22.5. The number of hydrogen-bond acceptors (Lipinski definition) is 7. The zero-order chi connectivity index (χ0) is 20.0. The van der Waals surface area contributed by atoms with Crippen LogP contribution < -0.4 is 24.8 Å². The third kappa shape index (κ3) is 4.78. The Balaban J connectivity index is 2.08. The number of aryl methyl sites for hydroxylation is 1. The normalized spacial score (nSPS) is 10.1. The largest absolute Gasteiger partial charge is 0.494 e. The van der Waals surface area contributed by atoms with E-state index in [0.717, 1.165) is 11.3 Å². The Morgan fingerprint density at radius 2 is 1.63 bits per heavy atom. The summed E-state index contributed by atoms with van der Waals surface area (Å²) in [6, 6.07) is 7.52. The molecule has 9 heteroatoms. The molecule has 2 aromatic carbocycles. The first kappa shape index (κ1) is 19.8. The van der Waals surface area contributed by atoms with Crippen molar-refractivity contribution < 1.29 is 23.9 Å². The highest BCUT2D eigenvalue weighted by Crippen LogP contribution is 2.33. The van der Waals surface area contributed by atoms with Gasteiger partial charge >= 0.3 is 0 Å². The van der Waals surface area contributed by atoms with Crippen LogP contribution in [0.1, 0.15) is 5.56 Å². The van der Waals surface area contributed by atoms with Crippen LogP contribution in [-0.4, -0.2) is 38.7 Å². The van der Waals surface area contributed by atoms with E-state index >= 15 is 0 Å².